The van der Waals surface area contributed by atoms with Gasteiger partial charge in [0.05, 0.1) is 6.61 Å². The van der Waals surface area contributed by atoms with Crippen LogP contribution in [-0.2, 0) is 6.42 Å². The quantitative estimate of drug-likeness (QED) is 0.850. The second kappa shape index (κ2) is 6.92. The number of hydrogen-bond acceptors (Lipinski definition) is 5. The van der Waals surface area contributed by atoms with Crippen molar-refractivity contribution in [3.8, 4) is 5.75 Å². The number of nitrogens with one attached hydrogen (secondary N) is 2. The Morgan fingerprint density at radius 1 is 1.05 bits per heavy atom. The van der Waals surface area contributed by atoms with Gasteiger partial charge in [0, 0.05) is 24.7 Å². The zero-order chi connectivity index (χ0) is 15.2. The molecule has 0 spiro atoms. The molecule has 0 unspecified atom stereocenters. The summed E-state index contributed by atoms with van der Waals surface area (Å²) in [7, 11) is 1.87. The molecule has 0 aliphatic carbocycles. The van der Waals surface area contributed by atoms with Gasteiger partial charge in [-0.2, -0.15) is 0 Å². The highest BCUT2D eigenvalue weighted by atomic mass is 16.5. The predicted octanol–water partition coefficient (Wildman–Crippen LogP) is 3.53. The molecule has 0 amide bonds. The molecule has 0 aliphatic rings. The maximum Gasteiger partial charge on any atom is 0.139 e. The van der Waals surface area contributed by atoms with E-state index < -0.39 is 0 Å². The average Bonchev–Trinajstić information content (AvgIpc) is 2.51. The number of aromatic nitrogens is 2. The Labute approximate surface area is 125 Å². The lowest BCUT2D eigenvalue weighted by Gasteiger charge is -2.13. The molecule has 5 heteroatoms. The lowest BCUT2D eigenvalue weighted by Crippen LogP contribution is -2.06. The van der Waals surface area contributed by atoms with E-state index in [2.05, 4.69) is 20.6 Å². The van der Waals surface area contributed by atoms with Crippen molar-refractivity contribution in [2.45, 2.75) is 27.2 Å². The summed E-state index contributed by atoms with van der Waals surface area (Å²) >= 11 is 0. The zero-order valence-corrected chi connectivity index (χ0v) is 13.0. The van der Waals surface area contributed by atoms with Crippen LogP contribution in [0, 0.1) is 6.92 Å². The van der Waals surface area contributed by atoms with E-state index in [1.54, 1.807) is 0 Å². The maximum atomic E-state index is 5.44. The molecule has 0 bridgehead atoms. The van der Waals surface area contributed by atoms with E-state index in [-0.39, 0.29) is 0 Å². The fraction of sp³-hybridized carbons (Fsp3) is 0.375. The first kappa shape index (κ1) is 15.1. The average molecular weight is 286 g/mol. The maximum absolute atomic E-state index is 5.44. The fourth-order valence-corrected chi connectivity index (χ4v) is 2.02. The van der Waals surface area contributed by atoms with Crippen molar-refractivity contribution >= 4 is 17.3 Å². The molecule has 0 radical (unpaired) electrons. The topological polar surface area (TPSA) is 59.1 Å². The van der Waals surface area contributed by atoms with Crippen LogP contribution in [0.15, 0.2) is 24.3 Å². The smallest absolute Gasteiger partial charge is 0.139 e. The molecular weight excluding hydrogens is 264 g/mol. The second-order valence-electron chi connectivity index (χ2n) is 4.65. The highest BCUT2D eigenvalue weighted by molar-refractivity contribution is 5.65. The lowest BCUT2D eigenvalue weighted by molar-refractivity contribution is 0.340. The number of nitrogens with zero attached hydrogens (tertiary/aromatic N) is 2. The molecule has 5 nitrogen and oxygen atoms in total. The predicted molar refractivity (Wildman–Crippen MR) is 86.6 cm³/mol. The summed E-state index contributed by atoms with van der Waals surface area (Å²) in [5.74, 6) is 3.37. The molecule has 1 aromatic carbocycles. The van der Waals surface area contributed by atoms with Crippen LogP contribution in [0.4, 0.5) is 17.3 Å². The van der Waals surface area contributed by atoms with Crippen molar-refractivity contribution in [2.75, 3.05) is 24.3 Å². The van der Waals surface area contributed by atoms with Gasteiger partial charge >= 0.3 is 0 Å². The van der Waals surface area contributed by atoms with Crippen LogP contribution in [0.2, 0.25) is 0 Å². The van der Waals surface area contributed by atoms with Gasteiger partial charge in [-0.1, -0.05) is 6.92 Å². The number of aryl methyl sites for hydroxylation is 1. The third-order valence-electron chi connectivity index (χ3n) is 3.17. The van der Waals surface area contributed by atoms with Gasteiger partial charge in [0.2, 0.25) is 0 Å². The third kappa shape index (κ3) is 3.62. The van der Waals surface area contributed by atoms with E-state index in [1.165, 1.54) is 0 Å². The molecule has 2 rings (SSSR count). The minimum absolute atomic E-state index is 0.670. The Hall–Kier alpha value is -2.30. The van der Waals surface area contributed by atoms with Gasteiger partial charge in [0.1, 0.15) is 23.2 Å². The largest absolute Gasteiger partial charge is 0.494 e. The number of anilines is 3. The Balaban J connectivity index is 2.25. The first-order valence-electron chi connectivity index (χ1n) is 7.23. The van der Waals surface area contributed by atoms with Crippen molar-refractivity contribution in [3.63, 3.8) is 0 Å². The summed E-state index contributed by atoms with van der Waals surface area (Å²) in [6.45, 7) is 6.69. The van der Waals surface area contributed by atoms with E-state index in [4.69, 9.17) is 4.74 Å². The standard InChI is InChI=1S/C16H22N4O/c1-5-14-19-15(17-4)11(3)16(20-14)18-12-7-9-13(10-8-12)21-6-2/h7-10H,5-6H2,1-4H3,(H2,17,18,19,20). The zero-order valence-electron chi connectivity index (χ0n) is 13.0. The van der Waals surface area contributed by atoms with Gasteiger partial charge in [-0.25, -0.2) is 9.97 Å². The molecule has 1 aromatic heterocycles. The van der Waals surface area contributed by atoms with Crippen molar-refractivity contribution in [2.24, 2.45) is 0 Å². The number of hydrogen-bond donors (Lipinski definition) is 2. The van der Waals surface area contributed by atoms with Gasteiger partial charge in [-0.05, 0) is 38.1 Å². The Morgan fingerprint density at radius 2 is 1.71 bits per heavy atom. The van der Waals surface area contributed by atoms with Crippen LogP contribution in [0.25, 0.3) is 0 Å². The van der Waals surface area contributed by atoms with E-state index in [0.29, 0.717) is 6.61 Å². The molecule has 0 saturated heterocycles. The van der Waals surface area contributed by atoms with Crippen LogP contribution in [-0.4, -0.2) is 23.6 Å². The molecule has 0 atom stereocenters. The number of rotatable bonds is 6. The van der Waals surface area contributed by atoms with Gasteiger partial charge in [0.25, 0.3) is 0 Å². The van der Waals surface area contributed by atoms with Gasteiger partial charge in [-0.15, -0.1) is 0 Å². The number of ether oxygens (including phenoxy) is 1. The summed E-state index contributed by atoms with van der Waals surface area (Å²) < 4.78 is 5.44. The summed E-state index contributed by atoms with van der Waals surface area (Å²) in [5, 5.41) is 6.46. The van der Waals surface area contributed by atoms with Gasteiger partial charge in [-0.3, -0.25) is 0 Å². The summed E-state index contributed by atoms with van der Waals surface area (Å²) in [4.78, 5) is 9.03. The Kier molecular flexibility index (Phi) is 4.98. The normalized spacial score (nSPS) is 10.3. The van der Waals surface area contributed by atoms with Crippen LogP contribution in [0.1, 0.15) is 25.2 Å². The fourth-order valence-electron chi connectivity index (χ4n) is 2.02. The lowest BCUT2D eigenvalue weighted by atomic mass is 10.2. The van der Waals surface area contributed by atoms with E-state index in [0.717, 1.165) is 40.9 Å². The molecule has 21 heavy (non-hydrogen) atoms. The van der Waals surface area contributed by atoms with Crippen LogP contribution >= 0.6 is 0 Å². The first-order chi connectivity index (χ1) is 10.2. The van der Waals surface area contributed by atoms with Gasteiger partial charge < -0.3 is 15.4 Å². The minimum Gasteiger partial charge on any atom is -0.494 e. The van der Waals surface area contributed by atoms with E-state index in [9.17, 15) is 0 Å². The molecule has 112 valence electrons. The molecule has 0 saturated carbocycles. The van der Waals surface area contributed by atoms with Crippen LogP contribution < -0.4 is 15.4 Å². The summed E-state index contributed by atoms with van der Waals surface area (Å²) in [5.41, 5.74) is 1.98. The van der Waals surface area contributed by atoms with Crippen LogP contribution in [0.5, 0.6) is 5.75 Å². The summed E-state index contributed by atoms with van der Waals surface area (Å²) in [6.07, 6.45) is 0.799. The van der Waals surface area contributed by atoms with Crippen molar-refractivity contribution in [3.05, 3.63) is 35.7 Å². The SMILES string of the molecule is CCOc1ccc(Nc2nc(CC)nc(NC)c2C)cc1. The second-order valence-corrected chi connectivity index (χ2v) is 4.65. The van der Waals surface area contributed by atoms with Crippen molar-refractivity contribution in [1.82, 2.24) is 9.97 Å². The third-order valence-corrected chi connectivity index (χ3v) is 3.17. The molecule has 0 fully saturated rings. The highest BCUT2D eigenvalue weighted by Gasteiger charge is 2.09. The molecule has 2 N–H and O–H groups in total. The molecule has 1 heterocycles. The van der Waals surface area contributed by atoms with Crippen molar-refractivity contribution < 1.29 is 4.74 Å². The highest BCUT2D eigenvalue weighted by Crippen LogP contribution is 2.24. The monoisotopic (exact) mass is 286 g/mol. The van der Waals surface area contributed by atoms with Gasteiger partial charge in [0.15, 0.2) is 0 Å². The molecule has 0 aliphatic heterocycles. The minimum atomic E-state index is 0.670. The Bertz CT molecular complexity index is 596. The van der Waals surface area contributed by atoms with Crippen molar-refractivity contribution in [1.29, 1.82) is 0 Å². The summed E-state index contributed by atoms with van der Waals surface area (Å²) in [6, 6.07) is 7.86. The Morgan fingerprint density at radius 3 is 2.29 bits per heavy atom. The van der Waals surface area contributed by atoms with E-state index in [1.807, 2.05) is 52.1 Å². The van der Waals surface area contributed by atoms with Crippen LogP contribution in [0.3, 0.4) is 0 Å². The molecule has 2 aromatic rings. The first-order valence-corrected chi connectivity index (χ1v) is 7.23. The van der Waals surface area contributed by atoms with E-state index >= 15 is 0 Å². The number of benzene rings is 1. The molecular formula is C16H22N4O.